The number of rotatable bonds is 6. The Morgan fingerprint density at radius 3 is 2.73 bits per heavy atom. The number of anilines is 1. The van der Waals surface area contributed by atoms with Crippen molar-refractivity contribution in [3.05, 3.63) is 23.2 Å². The highest BCUT2D eigenvalue weighted by Crippen LogP contribution is 2.29. The molecule has 0 spiro atoms. The van der Waals surface area contributed by atoms with E-state index >= 15 is 0 Å². The van der Waals surface area contributed by atoms with E-state index in [1.165, 1.54) is 18.2 Å². The van der Waals surface area contributed by atoms with Crippen LogP contribution in [0.15, 0.2) is 18.2 Å². The summed E-state index contributed by atoms with van der Waals surface area (Å²) < 4.78 is 41.2. The number of aliphatic hydroxyl groups is 1. The predicted octanol–water partition coefficient (Wildman–Crippen LogP) is 3.17. The fourth-order valence-electron chi connectivity index (χ4n) is 1.45. The van der Waals surface area contributed by atoms with Gasteiger partial charge >= 0.3 is 12.2 Å². The van der Waals surface area contributed by atoms with Gasteiger partial charge in [0.1, 0.15) is 5.75 Å². The van der Waals surface area contributed by atoms with Crippen molar-refractivity contribution in [3.63, 3.8) is 0 Å². The molecule has 0 bridgehead atoms. The van der Waals surface area contributed by atoms with Gasteiger partial charge in [0.15, 0.2) is 6.61 Å². The number of urea groups is 1. The summed E-state index contributed by atoms with van der Waals surface area (Å²) in [6, 6.07) is 3.23. The lowest BCUT2D eigenvalue weighted by molar-refractivity contribution is -0.153. The van der Waals surface area contributed by atoms with Gasteiger partial charge in [-0.05, 0) is 31.5 Å². The van der Waals surface area contributed by atoms with E-state index in [9.17, 15) is 18.0 Å². The fourth-order valence-corrected chi connectivity index (χ4v) is 1.62. The molecular weight excluding hydrogens is 325 g/mol. The van der Waals surface area contributed by atoms with Crippen LogP contribution in [0.25, 0.3) is 0 Å². The Morgan fingerprint density at radius 2 is 2.14 bits per heavy atom. The summed E-state index contributed by atoms with van der Waals surface area (Å²) in [7, 11) is 0. The minimum absolute atomic E-state index is 0.0197. The molecule has 0 aliphatic rings. The summed E-state index contributed by atoms with van der Waals surface area (Å²) in [5.74, 6) is -0.146. The molecule has 0 aliphatic carbocycles. The molecule has 0 saturated heterocycles. The number of nitrogens with one attached hydrogen (secondary N) is 2. The monoisotopic (exact) mass is 340 g/mol. The van der Waals surface area contributed by atoms with E-state index in [0.717, 1.165) is 0 Å². The molecule has 1 aromatic rings. The Bertz CT molecular complexity index is 510. The number of alkyl halides is 3. The SMILES string of the molecule is CC(O)CCNC(=O)Nc1cc(Cl)ccc1OCC(F)(F)F. The molecule has 0 aromatic heterocycles. The van der Waals surface area contributed by atoms with Gasteiger partial charge in [0.2, 0.25) is 0 Å². The molecule has 124 valence electrons. The maximum Gasteiger partial charge on any atom is 0.422 e. The molecule has 2 amide bonds. The van der Waals surface area contributed by atoms with Crippen LogP contribution in [0.3, 0.4) is 0 Å². The van der Waals surface area contributed by atoms with Crippen LogP contribution in [0.1, 0.15) is 13.3 Å². The van der Waals surface area contributed by atoms with Crippen molar-refractivity contribution in [1.82, 2.24) is 5.32 Å². The molecule has 0 radical (unpaired) electrons. The van der Waals surface area contributed by atoms with Crippen LogP contribution >= 0.6 is 11.6 Å². The second kappa shape index (κ2) is 8.09. The molecule has 5 nitrogen and oxygen atoms in total. The van der Waals surface area contributed by atoms with Crippen molar-refractivity contribution in [1.29, 1.82) is 0 Å². The lowest BCUT2D eigenvalue weighted by atomic mass is 10.3. The second-order valence-corrected chi connectivity index (χ2v) is 5.00. The van der Waals surface area contributed by atoms with Gasteiger partial charge in [0, 0.05) is 11.6 Å². The molecule has 1 rings (SSSR count). The van der Waals surface area contributed by atoms with E-state index in [-0.39, 0.29) is 23.0 Å². The Labute approximate surface area is 130 Å². The molecule has 0 saturated carbocycles. The molecule has 9 heteroatoms. The number of amides is 2. The van der Waals surface area contributed by atoms with Crippen LogP contribution in [0.5, 0.6) is 5.75 Å². The number of hydrogen-bond acceptors (Lipinski definition) is 3. The number of benzene rings is 1. The molecular formula is C13H16ClF3N2O3. The molecule has 1 atom stereocenters. The Morgan fingerprint density at radius 1 is 1.45 bits per heavy atom. The number of carbonyl (C=O) groups excluding carboxylic acids is 1. The van der Waals surface area contributed by atoms with Gasteiger partial charge in [0.05, 0.1) is 11.8 Å². The maximum atomic E-state index is 12.2. The first-order chi connectivity index (χ1) is 10.2. The largest absolute Gasteiger partial charge is 0.482 e. The van der Waals surface area contributed by atoms with Crippen molar-refractivity contribution in [3.8, 4) is 5.75 Å². The zero-order valence-electron chi connectivity index (χ0n) is 11.7. The average molecular weight is 341 g/mol. The number of aliphatic hydroxyl groups excluding tert-OH is 1. The zero-order chi connectivity index (χ0) is 16.8. The van der Waals surface area contributed by atoms with Crippen LogP contribution in [0.2, 0.25) is 5.02 Å². The van der Waals surface area contributed by atoms with E-state index in [1.807, 2.05) is 0 Å². The highest BCUT2D eigenvalue weighted by atomic mass is 35.5. The minimum atomic E-state index is -4.49. The van der Waals surface area contributed by atoms with Crippen molar-refractivity contribution in [2.24, 2.45) is 0 Å². The first-order valence-electron chi connectivity index (χ1n) is 6.39. The maximum absolute atomic E-state index is 12.2. The van der Waals surface area contributed by atoms with Crippen LogP contribution < -0.4 is 15.4 Å². The van der Waals surface area contributed by atoms with Gasteiger partial charge in [-0.2, -0.15) is 13.2 Å². The summed E-state index contributed by atoms with van der Waals surface area (Å²) in [6.45, 7) is 0.301. The average Bonchev–Trinajstić information content (AvgIpc) is 2.36. The van der Waals surface area contributed by atoms with Gasteiger partial charge in [-0.15, -0.1) is 0 Å². The van der Waals surface area contributed by atoms with Gasteiger partial charge in [-0.1, -0.05) is 11.6 Å². The smallest absolute Gasteiger partial charge is 0.422 e. The highest BCUT2D eigenvalue weighted by Gasteiger charge is 2.29. The first-order valence-corrected chi connectivity index (χ1v) is 6.77. The van der Waals surface area contributed by atoms with Crippen molar-refractivity contribution >= 4 is 23.3 Å². The van der Waals surface area contributed by atoms with Crippen LogP contribution in [0.4, 0.5) is 23.7 Å². The van der Waals surface area contributed by atoms with Crippen LogP contribution in [-0.2, 0) is 0 Å². The van der Waals surface area contributed by atoms with Crippen molar-refractivity contribution in [2.45, 2.75) is 25.6 Å². The molecule has 0 heterocycles. The number of carbonyl (C=O) groups is 1. The summed E-state index contributed by atoms with van der Waals surface area (Å²) >= 11 is 5.75. The molecule has 3 N–H and O–H groups in total. The quantitative estimate of drug-likeness (QED) is 0.745. The second-order valence-electron chi connectivity index (χ2n) is 4.56. The van der Waals surface area contributed by atoms with Gasteiger partial charge in [-0.25, -0.2) is 4.79 Å². The van der Waals surface area contributed by atoms with E-state index in [1.54, 1.807) is 6.92 Å². The first kappa shape index (κ1) is 18.4. The normalized spacial score (nSPS) is 12.6. The summed E-state index contributed by atoms with van der Waals surface area (Å²) in [5.41, 5.74) is 0.0197. The molecule has 1 aromatic carbocycles. The van der Waals surface area contributed by atoms with E-state index in [2.05, 4.69) is 15.4 Å². The lowest BCUT2D eigenvalue weighted by Gasteiger charge is -2.15. The third-order valence-electron chi connectivity index (χ3n) is 2.43. The third-order valence-corrected chi connectivity index (χ3v) is 2.66. The van der Waals surface area contributed by atoms with Crippen LogP contribution in [-0.4, -0.2) is 36.6 Å². The van der Waals surface area contributed by atoms with Crippen molar-refractivity contribution < 1.29 is 27.8 Å². The number of hydrogen-bond donors (Lipinski definition) is 3. The summed E-state index contributed by atoms with van der Waals surface area (Å²) in [4.78, 5) is 11.6. The highest BCUT2D eigenvalue weighted by molar-refractivity contribution is 6.31. The summed E-state index contributed by atoms with van der Waals surface area (Å²) in [5, 5.41) is 14.1. The van der Waals surface area contributed by atoms with E-state index in [0.29, 0.717) is 6.42 Å². The molecule has 22 heavy (non-hydrogen) atoms. The van der Waals surface area contributed by atoms with Crippen molar-refractivity contribution in [2.75, 3.05) is 18.5 Å². The predicted molar refractivity (Wildman–Crippen MR) is 76.3 cm³/mol. The lowest BCUT2D eigenvalue weighted by Crippen LogP contribution is -2.31. The number of halogens is 4. The van der Waals surface area contributed by atoms with E-state index in [4.69, 9.17) is 16.7 Å². The molecule has 0 aliphatic heterocycles. The topological polar surface area (TPSA) is 70.6 Å². The standard InChI is InChI=1S/C13H16ClF3N2O3/c1-8(20)4-5-18-12(21)19-10-6-9(14)2-3-11(10)22-7-13(15,16)17/h2-3,6,8,20H,4-5,7H2,1H3,(H2,18,19,21). The minimum Gasteiger partial charge on any atom is -0.482 e. The Balaban J connectivity index is 2.67. The third kappa shape index (κ3) is 7.37. The number of ether oxygens (including phenoxy) is 1. The van der Waals surface area contributed by atoms with Gasteiger partial charge in [-0.3, -0.25) is 0 Å². The van der Waals surface area contributed by atoms with Gasteiger partial charge in [0.25, 0.3) is 0 Å². The molecule has 1 unspecified atom stereocenters. The summed E-state index contributed by atoms with van der Waals surface area (Å²) in [6.07, 6.45) is -4.71. The van der Waals surface area contributed by atoms with E-state index < -0.39 is 24.9 Å². The van der Waals surface area contributed by atoms with Crippen LogP contribution in [0, 0.1) is 0 Å². The Hall–Kier alpha value is -1.67. The zero-order valence-corrected chi connectivity index (χ0v) is 12.5. The van der Waals surface area contributed by atoms with Gasteiger partial charge < -0.3 is 20.5 Å². The molecule has 0 fully saturated rings. The fraction of sp³-hybridized carbons (Fsp3) is 0.462. The Kier molecular flexibility index (Phi) is 6.76.